The maximum Gasteiger partial charge on any atom is 0.407 e. The van der Waals surface area contributed by atoms with E-state index in [1.807, 2.05) is 39.2 Å². The van der Waals surface area contributed by atoms with Crippen LogP contribution in [0.4, 0.5) is 10.7 Å². The van der Waals surface area contributed by atoms with Crippen molar-refractivity contribution < 1.29 is 19.1 Å². The van der Waals surface area contributed by atoms with Crippen LogP contribution in [0.2, 0.25) is 0 Å². The monoisotopic (exact) mass is 497 g/mol. The molecular formula is C25H35N7O4. The van der Waals surface area contributed by atoms with Crippen molar-refractivity contribution in [3.8, 4) is 0 Å². The highest BCUT2D eigenvalue weighted by atomic mass is 16.6. The van der Waals surface area contributed by atoms with Gasteiger partial charge in [0.05, 0.1) is 16.7 Å². The molecule has 0 saturated heterocycles. The summed E-state index contributed by atoms with van der Waals surface area (Å²) in [4.78, 5) is 41.0. The van der Waals surface area contributed by atoms with E-state index in [-0.39, 0.29) is 5.91 Å². The van der Waals surface area contributed by atoms with Gasteiger partial charge in [0.1, 0.15) is 11.3 Å². The van der Waals surface area contributed by atoms with E-state index in [4.69, 9.17) is 10.5 Å². The zero-order valence-corrected chi connectivity index (χ0v) is 21.6. The van der Waals surface area contributed by atoms with Gasteiger partial charge in [-0.05, 0) is 78.1 Å². The van der Waals surface area contributed by atoms with Gasteiger partial charge in [-0.1, -0.05) is 0 Å². The van der Waals surface area contributed by atoms with Crippen LogP contribution < -0.4 is 16.4 Å². The first-order valence-electron chi connectivity index (χ1n) is 12.1. The fourth-order valence-corrected chi connectivity index (χ4v) is 3.82. The zero-order chi connectivity index (χ0) is 26.5. The predicted octanol–water partition coefficient (Wildman–Crippen LogP) is 3.61. The molecule has 3 rings (SSSR count). The summed E-state index contributed by atoms with van der Waals surface area (Å²) in [5, 5.41) is 10.00. The molecule has 194 valence electrons. The minimum absolute atomic E-state index is 0.314. The fourth-order valence-electron chi connectivity index (χ4n) is 3.82. The minimum atomic E-state index is -0.545. The largest absolute Gasteiger partial charge is 0.444 e. The maximum absolute atomic E-state index is 13.0. The molecular weight excluding hydrogens is 462 g/mol. The lowest BCUT2D eigenvalue weighted by molar-refractivity contribution is 0.0526. The lowest BCUT2D eigenvalue weighted by atomic mass is 10.2. The van der Waals surface area contributed by atoms with E-state index >= 15 is 0 Å². The molecule has 0 atom stereocenters. The second-order valence-electron chi connectivity index (χ2n) is 9.58. The second-order valence-corrected chi connectivity index (χ2v) is 9.58. The lowest BCUT2D eigenvalue weighted by Crippen LogP contribution is -2.33. The molecule has 1 aromatic carbocycles. The van der Waals surface area contributed by atoms with Gasteiger partial charge in [0.15, 0.2) is 0 Å². The lowest BCUT2D eigenvalue weighted by Gasteiger charge is -2.19. The van der Waals surface area contributed by atoms with E-state index < -0.39 is 17.6 Å². The maximum atomic E-state index is 13.0. The summed E-state index contributed by atoms with van der Waals surface area (Å²) < 4.78 is 8.80. The number of aromatic nitrogens is 4. The first-order valence-corrected chi connectivity index (χ1v) is 12.1. The highest BCUT2D eigenvalue weighted by Gasteiger charge is 2.19. The Hall–Kier alpha value is -3.89. The summed E-state index contributed by atoms with van der Waals surface area (Å²) in [7, 11) is 0. The van der Waals surface area contributed by atoms with E-state index in [1.54, 1.807) is 28.9 Å². The number of fused-ring (bicyclic) bond motifs is 1. The van der Waals surface area contributed by atoms with Crippen molar-refractivity contribution in [3.63, 3.8) is 0 Å². The van der Waals surface area contributed by atoms with E-state index in [0.29, 0.717) is 42.4 Å². The molecule has 3 amide bonds. The summed E-state index contributed by atoms with van der Waals surface area (Å²) in [6.45, 7) is 10.9. The first-order chi connectivity index (χ1) is 17.0. The number of nitrogens with one attached hydrogen (secondary N) is 2. The summed E-state index contributed by atoms with van der Waals surface area (Å²) >= 11 is 0. The van der Waals surface area contributed by atoms with Crippen molar-refractivity contribution in [2.75, 3.05) is 11.9 Å². The SMILES string of the molecule is CCn1nc(C)cc1C(=O)Nc1nc2cc(C(N)=O)ccc2n1CCCCCNC(=O)OC(C)(C)C. The number of hydrogen-bond acceptors (Lipinski definition) is 6. The Kier molecular flexibility index (Phi) is 8.33. The summed E-state index contributed by atoms with van der Waals surface area (Å²) in [5.74, 6) is -0.479. The number of ether oxygens (including phenoxy) is 1. The van der Waals surface area contributed by atoms with Gasteiger partial charge in [-0.15, -0.1) is 0 Å². The van der Waals surface area contributed by atoms with Crippen LogP contribution >= 0.6 is 0 Å². The number of amides is 3. The Labute approximate surface area is 210 Å². The molecule has 0 aliphatic heterocycles. The molecule has 0 spiro atoms. The Morgan fingerprint density at radius 1 is 1.11 bits per heavy atom. The van der Waals surface area contributed by atoms with Crippen LogP contribution in [0.15, 0.2) is 24.3 Å². The van der Waals surface area contributed by atoms with Gasteiger partial charge in [0.2, 0.25) is 11.9 Å². The molecule has 0 aliphatic carbocycles. The highest BCUT2D eigenvalue weighted by molar-refractivity contribution is 6.03. The van der Waals surface area contributed by atoms with Crippen LogP contribution in [0, 0.1) is 6.92 Å². The molecule has 3 aromatic rings. The van der Waals surface area contributed by atoms with Crippen molar-refractivity contribution in [3.05, 3.63) is 41.2 Å². The quantitative estimate of drug-likeness (QED) is 0.365. The molecule has 36 heavy (non-hydrogen) atoms. The average molecular weight is 498 g/mol. The average Bonchev–Trinajstić information content (AvgIpc) is 3.34. The fraction of sp³-hybridized carbons (Fsp3) is 0.480. The number of primary amides is 1. The highest BCUT2D eigenvalue weighted by Crippen LogP contribution is 2.23. The van der Waals surface area contributed by atoms with Gasteiger partial charge in [-0.3, -0.25) is 19.6 Å². The summed E-state index contributed by atoms with van der Waals surface area (Å²) in [6, 6.07) is 6.78. The second kappa shape index (κ2) is 11.2. The molecule has 0 radical (unpaired) electrons. The van der Waals surface area contributed by atoms with Gasteiger partial charge in [0, 0.05) is 25.2 Å². The van der Waals surface area contributed by atoms with E-state index in [1.165, 1.54) is 0 Å². The first kappa shape index (κ1) is 26.7. The van der Waals surface area contributed by atoms with E-state index in [0.717, 1.165) is 30.5 Å². The van der Waals surface area contributed by atoms with E-state index in [2.05, 4.69) is 20.7 Å². The van der Waals surface area contributed by atoms with Crippen molar-refractivity contribution in [2.24, 2.45) is 5.73 Å². The zero-order valence-electron chi connectivity index (χ0n) is 21.6. The number of unbranched alkanes of at least 4 members (excludes halogenated alkanes) is 2. The van der Waals surface area contributed by atoms with Gasteiger partial charge < -0.3 is 20.4 Å². The molecule has 11 heteroatoms. The van der Waals surface area contributed by atoms with Crippen molar-refractivity contribution >= 4 is 34.9 Å². The third kappa shape index (κ3) is 6.83. The number of hydrogen-bond donors (Lipinski definition) is 3. The number of aryl methyl sites for hydroxylation is 3. The third-order valence-corrected chi connectivity index (χ3v) is 5.42. The van der Waals surface area contributed by atoms with Crippen molar-refractivity contribution in [2.45, 2.75) is 72.6 Å². The minimum Gasteiger partial charge on any atom is -0.444 e. The van der Waals surface area contributed by atoms with Crippen LogP contribution in [0.25, 0.3) is 11.0 Å². The molecule has 11 nitrogen and oxygen atoms in total. The number of anilines is 1. The van der Waals surface area contributed by atoms with Gasteiger partial charge in [0.25, 0.3) is 5.91 Å². The number of rotatable bonds is 10. The van der Waals surface area contributed by atoms with E-state index in [9.17, 15) is 14.4 Å². The van der Waals surface area contributed by atoms with Gasteiger partial charge in [-0.2, -0.15) is 5.10 Å². The number of alkyl carbamates (subject to hydrolysis) is 1. The Bertz CT molecular complexity index is 1250. The molecule has 0 saturated carbocycles. The topological polar surface area (TPSA) is 146 Å². The molecule has 0 bridgehead atoms. The number of nitrogens with two attached hydrogens (primary N) is 1. The van der Waals surface area contributed by atoms with Crippen LogP contribution in [-0.4, -0.2) is 49.4 Å². The Morgan fingerprint density at radius 2 is 1.86 bits per heavy atom. The Balaban J connectivity index is 1.71. The van der Waals surface area contributed by atoms with Gasteiger partial charge in [-0.25, -0.2) is 9.78 Å². The summed E-state index contributed by atoms with van der Waals surface area (Å²) in [6.07, 6.45) is 1.96. The number of benzene rings is 1. The number of carbonyl (C=O) groups is 3. The Morgan fingerprint density at radius 3 is 2.53 bits per heavy atom. The van der Waals surface area contributed by atoms with Crippen LogP contribution in [-0.2, 0) is 17.8 Å². The summed E-state index contributed by atoms with van der Waals surface area (Å²) in [5.41, 5.74) is 7.78. The molecule has 0 unspecified atom stereocenters. The number of imidazole rings is 1. The van der Waals surface area contributed by atoms with Crippen LogP contribution in [0.5, 0.6) is 0 Å². The van der Waals surface area contributed by atoms with Crippen molar-refractivity contribution in [1.29, 1.82) is 0 Å². The molecule has 2 heterocycles. The molecule has 2 aromatic heterocycles. The predicted molar refractivity (Wildman–Crippen MR) is 137 cm³/mol. The van der Waals surface area contributed by atoms with Crippen LogP contribution in [0.1, 0.15) is 73.5 Å². The number of carbonyl (C=O) groups excluding carboxylic acids is 3. The third-order valence-electron chi connectivity index (χ3n) is 5.42. The number of nitrogens with zero attached hydrogens (tertiary/aromatic N) is 4. The molecule has 4 N–H and O–H groups in total. The van der Waals surface area contributed by atoms with Gasteiger partial charge >= 0.3 is 6.09 Å². The molecule has 0 fully saturated rings. The normalized spacial score (nSPS) is 11.5. The van der Waals surface area contributed by atoms with Crippen LogP contribution in [0.3, 0.4) is 0 Å². The van der Waals surface area contributed by atoms with Crippen molar-refractivity contribution in [1.82, 2.24) is 24.6 Å². The smallest absolute Gasteiger partial charge is 0.407 e. The molecule has 0 aliphatic rings. The standard InChI is InChI=1S/C25H35N7O4/c1-6-32-20(14-16(2)30-32)22(34)29-23-28-18-15-17(21(26)33)10-11-19(18)31(23)13-9-7-8-12-27-24(35)36-25(3,4)5/h10-11,14-15H,6-9,12-13H2,1-5H3,(H2,26,33)(H,27,35)(H,28,29,34).